The van der Waals surface area contributed by atoms with Crippen molar-refractivity contribution in [3.8, 4) is 0 Å². The van der Waals surface area contributed by atoms with Crippen molar-refractivity contribution in [3.05, 3.63) is 113 Å². The second-order valence-electron chi connectivity index (χ2n) is 14.3. The molecule has 0 spiro atoms. The maximum Gasteiger partial charge on any atom is -1.00 e. The molecule has 1 aliphatic carbocycles. The Morgan fingerprint density at radius 3 is 1.47 bits per heavy atom. The molecule has 1 unspecified atom stereocenters. The molecule has 0 radical (unpaired) electrons. The van der Waals surface area contributed by atoms with Gasteiger partial charge in [-0.2, -0.15) is 11.6 Å². The van der Waals surface area contributed by atoms with Crippen molar-refractivity contribution in [2.24, 2.45) is 11.3 Å². The molecule has 1 atom stereocenters. The Morgan fingerprint density at radius 2 is 1.16 bits per heavy atom. The molecule has 230 valence electrons. The van der Waals surface area contributed by atoms with Gasteiger partial charge in [-0.3, -0.25) is 6.08 Å². The zero-order valence-electron chi connectivity index (χ0n) is 27.7. The summed E-state index contributed by atoms with van der Waals surface area (Å²) in [6.45, 7) is 24.8. The Bertz CT molecular complexity index is 1500. The first-order chi connectivity index (χ1) is 18.9. The quantitative estimate of drug-likeness (QED) is 0.241. The SMILES string of the molecule is CC(C)(C)c1ccc2[cH-]c3ccc(C(C)(C)C)cc3c2c1.CC1=[C-]C(C)C=C1C(C)(C)C.Fc1ccc([CH]=[Zr+2])cc1.[Cl-].[Cl-]. The van der Waals surface area contributed by atoms with E-state index in [1.807, 2.05) is 3.71 Å². The predicted molar refractivity (Wildman–Crippen MR) is 175 cm³/mol. The Balaban J connectivity index is 0.000000356. The van der Waals surface area contributed by atoms with Crippen LogP contribution in [0.25, 0.3) is 21.5 Å². The Labute approximate surface area is 287 Å². The van der Waals surface area contributed by atoms with Gasteiger partial charge < -0.3 is 24.8 Å². The maximum absolute atomic E-state index is 12.2. The molecule has 0 bridgehead atoms. The van der Waals surface area contributed by atoms with Crippen LogP contribution in [-0.2, 0) is 35.1 Å². The number of fused-ring (bicyclic) bond motifs is 3. The third kappa shape index (κ3) is 10.7. The average Bonchev–Trinajstić information content (AvgIpc) is 3.42. The van der Waals surface area contributed by atoms with Crippen LogP contribution in [0.5, 0.6) is 0 Å². The van der Waals surface area contributed by atoms with Crippen molar-refractivity contribution in [2.45, 2.75) is 87.0 Å². The van der Waals surface area contributed by atoms with E-state index in [0.29, 0.717) is 11.3 Å². The monoisotopic (exact) mass is 694 g/mol. The molecule has 0 aliphatic heterocycles. The summed E-state index contributed by atoms with van der Waals surface area (Å²) in [5.74, 6) is 0.348. The first-order valence-electron chi connectivity index (χ1n) is 14.6. The van der Waals surface area contributed by atoms with Crippen LogP contribution in [0.15, 0.2) is 84.0 Å². The number of benzene rings is 3. The van der Waals surface area contributed by atoms with E-state index in [2.05, 4.69) is 131 Å². The van der Waals surface area contributed by atoms with Crippen LogP contribution in [-0.4, -0.2) is 3.71 Å². The predicted octanol–water partition coefficient (Wildman–Crippen LogP) is 5.20. The summed E-state index contributed by atoms with van der Waals surface area (Å²) < 4.78 is 14.2. The van der Waals surface area contributed by atoms with Gasteiger partial charge in [0.2, 0.25) is 0 Å². The molecule has 0 nitrogen and oxygen atoms in total. The number of halogens is 3. The van der Waals surface area contributed by atoms with E-state index in [9.17, 15) is 4.39 Å². The van der Waals surface area contributed by atoms with Gasteiger partial charge in [-0.15, -0.1) is 39.7 Å². The molecule has 0 heterocycles. The molecule has 0 amide bonds. The van der Waals surface area contributed by atoms with Crippen molar-refractivity contribution < 1.29 is 53.4 Å². The molecule has 4 aromatic rings. The minimum absolute atomic E-state index is 0. The van der Waals surface area contributed by atoms with E-state index >= 15 is 0 Å². The van der Waals surface area contributed by atoms with Crippen molar-refractivity contribution >= 4 is 25.3 Å². The number of hydrogen-bond acceptors (Lipinski definition) is 0. The van der Waals surface area contributed by atoms with Gasteiger partial charge in [0.05, 0.1) is 0 Å². The third-order valence-electron chi connectivity index (χ3n) is 7.55. The standard InChI is InChI=1S/C21H25.C11H17.C7H5F.2ClH.Zr/c1-20(2,3)16-9-7-14-11-15-8-10-17(21(4,5)6)13-19(15)18(14)12-16;1-8-6-9(2)10(7-8)11(3,4)5;1-6-2-4-7(8)5-3-6;;;/h7-13H,1-6H3;7-8H,1-5H3;1-5H;2*1H;/q2*-1;;;;+2/p-2. The summed E-state index contributed by atoms with van der Waals surface area (Å²) in [5.41, 5.74) is 7.39. The van der Waals surface area contributed by atoms with Crippen LogP contribution in [0.3, 0.4) is 0 Å². The van der Waals surface area contributed by atoms with Gasteiger partial charge in [-0.05, 0) is 10.8 Å². The molecule has 4 aromatic carbocycles. The largest absolute Gasteiger partial charge is 1.00 e. The summed E-state index contributed by atoms with van der Waals surface area (Å²) in [5, 5.41) is 5.49. The normalized spacial score (nSPS) is 14.8. The zero-order valence-corrected chi connectivity index (χ0v) is 31.7. The van der Waals surface area contributed by atoms with Crippen LogP contribution in [0, 0.1) is 23.2 Å². The number of allylic oxidation sites excluding steroid dienone is 4. The number of hydrogen-bond donors (Lipinski definition) is 0. The number of rotatable bonds is 1. The molecule has 0 N–H and O–H groups in total. The van der Waals surface area contributed by atoms with Gasteiger partial charge in [0, 0.05) is 0 Å². The van der Waals surface area contributed by atoms with E-state index in [4.69, 9.17) is 0 Å². The first kappa shape index (κ1) is 39.3. The summed E-state index contributed by atoms with van der Waals surface area (Å²) in [6, 6.07) is 22.6. The fourth-order valence-corrected chi connectivity index (χ4v) is 5.61. The van der Waals surface area contributed by atoms with E-state index in [1.165, 1.54) is 80.2 Å². The third-order valence-corrected chi connectivity index (χ3v) is 8.37. The van der Waals surface area contributed by atoms with Crippen LogP contribution < -0.4 is 24.8 Å². The van der Waals surface area contributed by atoms with Crippen LogP contribution in [0.2, 0.25) is 0 Å². The van der Waals surface area contributed by atoms with Crippen molar-refractivity contribution in [3.63, 3.8) is 0 Å². The maximum atomic E-state index is 12.2. The molecule has 43 heavy (non-hydrogen) atoms. The minimum atomic E-state index is -0.170. The van der Waals surface area contributed by atoms with Crippen LogP contribution >= 0.6 is 0 Å². The molecular formula is C39H47Cl2FZr-2. The smallest absolute Gasteiger partial charge is 1.00 e. The van der Waals surface area contributed by atoms with Crippen molar-refractivity contribution in [2.75, 3.05) is 0 Å². The van der Waals surface area contributed by atoms with E-state index in [0.717, 1.165) is 5.56 Å². The molecular weight excluding hydrogens is 650 g/mol. The van der Waals surface area contributed by atoms with Gasteiger partial charge >= 0.3 is 68.0 Å². The Hall–Kier alpha value is -1.73. The summed E-state index contributed by atoms with van der Waals surface area (Å²) in [4.78, 5) is 0. The van der Waals surface area contributed by atoms with Crippen molar-refractivity contribution in [1.29, 1.82) is 0 Å². The fourth-order valence-electron chi connectivity index (χ4n) is 5.14. The molecule has 0 fully saturated rings. The fraction of sp³-hybridized carbons (Fsp3) is 0.385. The second kappa shape index (κ2) is 15.5. The summed E-state index contributed by atoms with van der Waals surface area (Å²) in [6.07, 6.45) is 5.71. The molecule has 5 rings (SSSR count). The van der Waals surface area contributed by atoms with Gasteiger partial charge in [0.15, 0.2) is 0 Å². The zero-order chi connectivity index (χ0) is 30.8. The second-order valence-corrected chi connectivity index (χ2v) is 15.0. The van der Waals surface area contributed by atoms with E-state index < -0.39 is 0 Å². The van der Waals surface area contributed by atoms with Crippen LogP contribution in [0.1, 0.15) is 92.9 Å². The van der Waals surface area contributed by atoms with Crippen LogP contribution in [0.4, 0.5) is 4.39 Å². The van der Waals surface area contributed by atoms with Crippen molar-refractivity contribution in [1.82, 2.24) is 0 Å². The molecule has 0 saturated heterocycles. The Morgan fingerprint density at radius 1 is 0.721 bits per heavy atom. The average molecular weight is 697 g/mol. The molecule has 0 aromatic heterocycles. The topological polar surface area (TPSA) is 0 Å². The van der Waals surface area contributed by atoms with E-state index in [1.54, 1.807) is 12.1 Å². The van der Waals surface area contributed by atoms with Gasteiger partial charge in [0.1, 0.15) is 0 Å². The minimum Gasteiger partial charge on any atom is -1.00 e. The molecule has 1 aliphatic rings. The molecule has 0 saturated carbocycles. The van der Waals surface area contributed by atoms with E-state index in [-0.39, 0.29) is 41.5 Å². The summed E-state index contributed by atoms with van der Waals surface area (Å²) >= 11 is 1.34. The molecule has 4 heteroatoms. The Kier molecular flexibility index (Phi) is 14.2. The van der Waals surface area contributed by atoms with Gasteiger partial charge in [-0.1, -0.05) is 123 Å². The first-order valence-corrected chi connectivity index (χ1v) is 16.0. The van der Waals surface area contributed by atoms with Gasteiger partial charge in [-0.25, -0.2) is 5.57 Å². The van der Waals surface area contributed by atoms with Gasteiger partial charge in [0.25, 0.3) is 0 Å². The summed E-state index contributed by atoms with van der Waals surface area (Å²) in [7, 11) is 0.